The maximum atomic E-state index is 16.1. The first kappa shape index (κ1) is 101. The number of nitrogens with one attached hydrogen (secondary N) is 10. The Morgan fingerprint density at radius 2 is 1.11 bits per heavy atom. The van der Waals surface area contributed by atoms with Crippen LogP contribution in [0.1, 0.15) is 162 Å². The number of fused-ring (bicyclic) bond motifs is 10. The fraction of sp³-hybridized carbons (Fsp3) is 0.404. The third-order valence-electron chi connectivity index (χ3n) is 22.9. The number of hydrogen-bond acceptors (Lipinski definition) is 24. The number of amides is 12. The van der Waals surface area contributed by atoms with Crippen molar-refractivity contribution in [3.8, 4) is 56.4 Å². The summed E-state index contributed by atoms with van der Waals surface area (Å²) in [6.07, 6.45) is 5.66. The monoisotopic (exact) mass is 1850 g/mol. The normalized spacial score (nSPS) is 17.0. The number of aromatic nitrogens is 4. The minimum atomic E-state index is -1.91. The SMILES string of the molecule is CCCCCCCc1ccc(C(=O)N[C@@H](CCNOc2ccc3cc2-c2cc(ccc2O)[C@H](N(C)C(=O)[C@H](CCCCN)NC(=O)c2ccc(-c4ccc(Cl)cc4)cc2)C(=O)N[C@@H](C)C(=O)N[C@H](C(=O)N[C@@H](CF)C(=O)N(C)CC(N)=O)C3)C(=O)N(C)[C@@H]2C(=O)N[C@@H](C)C(=O)N[C@H](C(=O)N[C@@H](C)C(=O)c3nnn[nH]3)Cc3ccc(OCCN)c(c3)-c3cc2ccc3OCCN)c(C)c1. The lowest BCUT2D eigenvalue weighted by molar-refractivity contribution is -0.142. The van der Waals surface area contributed by atoms with E-state index in [1.807, 2.05) is 24.3 Å². The second kappa shape index (κ2) is 48.4. The summed E-state index contributed by atoms with van der Waals surface area (Å²) in [6.45, 7) is 5.83. The quantitative estimate of drug-likeness (QED) is 0.0141. The smallest absolute Gasteiger partial charge is 0.252 e. The summed E-state index contributed by atoms with van der Waals surface area (Å²) in [5, 5.41) is 47.2. The van der Waals surface area contributed by atoms with Crippen LogP contribution < -0.4 is 85.3 Å². The van der Waals surface area contributed by atoms with Gasteiger partial charge >= 0.3 is 0 Å². The molecule has 8 aromatic rings. The molecule has 10 rings (SSSR count). The van der Waals surface area contributed by atoms with Crippen LogP contribution in [0.5, 0.6) is 23.0 Å². The van der Waals surface area contributed by atoms with Crippen LogP contribution in [-0.2, 0) is 67.2 Å². The van der Waals surface area contributed by atoms with Gasteiger partial charge in [0.1, 0.15) is 91.5 Å². The van der Waals surface area contributed by atoms with Gasteiger partial charge in [-0.1, -0.05) is 105 Å². The van der Waals surface area contributed by atoms with Gasteiger partial charge in [-0.3, -0.25) is 62.3 Å². The molecule has 133 heavy (non-hydrogen) atoms. The first-order chi connectivity index (χ1) is 63.7. The molecule has 19 N–H and O–H groups in total. The van der Waals surface area contributed by atoms with Crippen LogP contribution in [0.15, 0.2) is 140 Å². The number of carbonyl (C=O) groups is 13. The van der Waals surface area contributed by atoms with E-state index in [1.54, 1.807) is 85.8 Å². The number of hydrogen-bond donors (Lipinski definition) is 15. The Hall–Kier alpha value is -13.8. The topological polar surface area (TPSA) is 546 Å². The van der Waals surface area contributed by atoms with E-state index in [4.69, 9.17) is 48.8 Å². The summed E-state index contributed by atoms with van der Waals surface area (Å²) in [5.41, 5.74) is 31.2. The van der Waals surface area contributed by atoms with Crippen LogP contribution in [-0.4, -0.2) is 239 Å². The van der Waals surface area contributed by atoms with Gasteiger partial charge in [-0.15, -0.1) is 5.10 Å². The van der Waals surface area contributed by atoms with Crippen LogP contribution in [0.2, 0.25) is 5.02 Å². The maximum Gasteiger partial charge on any atom is 0.252 e. The number of ether oxygens (including phenoxy) is 2. The number of H-pyrrole nitrogens is 1. The molecule has 10 atom stereocenters. The highest BCUT2D eigenvalue weighted by Crippen LogP contribution is 2.43. The number of phenols is 1. The largest absolute Gasteiger partial charge is 0.507 e. The van der Waals surface area contributed by atoms with E-state index >= 15 is 28.4 Å². The number of ketones is 1. The first-order valence-electron chi connectivity index (χ1n) is 44.0. The molecule has 0 aliphatic carbocycles. The number of halogens is 2. The molecule has 0 unspecified atom stereocenters. The van der Waals surface area contributed by atoms with E-state index in [1.165, 1.54) is 71.3 Å². The van der Waals surface area contributed by atoms with Crippen molar-refractivity contribution in [3.05, 3.63) is 195 Å². The van der Waals surface area contributed by atoms with Gasteiger partial charge in [0.2, 0.25) is 70.7 Å². The van der Waals surface area contributed by atoms with Crippen LogP contribution in [0, 0.1) is 6.92 Å². The summed E-state index contributed by atoms with van der Waals surface area (Å²) in [6, 6.07) is 21.6. The molecule has 0 spiro atoms. The number of rotatable bonds is 40. The van der Waals surface area contributed by atoms with Gasteiger partial charge in [-0.25, -0.2) is 9.49 Å². The summed E-state index contributed by atoms with van der Waals surface area (Å²) in [7, 11) is 3.79. The molecule has 39 heteroatoms. The van der Waals surface area contributed by atoms with Crippen molar-refractivity contribution in [3.63, 3.8) is 0 Å². The number of phenolic OH excluding ortho intramolecular Hbond substituents is 1. The van der Waals surface area contributed by atoms with Crippen molar-refractivity contribution in [2.45, 2.75) is 172 Å². The Balaban J connectivity index is 1.04. The van der Waals surface area contributed by atoms with Gasteiger partial charge < -0.3 is 99.6 Å². The summed E-state index contributed by atoms with van der Waals surface area (Å²) >= 11 is 6.16. The highest BCUT2D eigenvalue weighted by molar-refractivity contribution is 6.30. The Labute approximate surface area is 773 Å². The summed E-state index contributed by atoms with van der Waals surface area (Å²) in [5.74, 6) is -11.7. The molecule has 0 fully saturated rings. The average Bonchev–Trinajstić information content (AvgIpc) is 1.05. The van der Waals surface area contributed by atoms with Gasteiger partial charge in [-0.05, 0) is 207 Å². The van der Waals surface area contributed by atoms with E-state index in [2.05, 4.69) is 75.6 Å². The fourth-order valence-corrected chi connectivity index (χ4v) is 15.8. The molecule has 8 bridgehead atoms. The molecule has 708 valence electrons. The number of likely N-dealkylation sites (N-methyl/N-ethyl adjacent to an activating group) is 3. The average molecular weight is 1850 g/mol. The Morgan fingerprint density at radius 1 is 0.571 bits per heavy atom. The number of hydroxylamine groups is 1. The molecule has 3 heterocycles. The van der Waals surface area contributed by atoms with E-state index in [0.29, 0.717) is 40.1 Å². The van der Waals surface area contributed by atoms with E-state index in [9.17, 15) is 43.5 Å². The zero-order valence-corrected chi connectivity index (χ0v) is 76.2. The number of unbranched alkanes of at least 4 members (excludes halogenated alkanes) is 5. The molecule has 12 amide bonds. The number of tetrazole rings is 1. The van der Waals surface area contributed by atoms with Gasteiger partial charge in [-0.2, -0.15) is 5.48 Å². The van der Waals surface area contributed by atoms with Crippen molar-refractivity contribution in [2.24, 2.45) is 22.9 Å². The summed E-state index contributed by atoms with van der Waals surface area (Å²) < 4.78 is 27.5. The van der Waals surface area contributed by atoms with Gasteiger partial charge in [0, 0.05) is 92.0 Å². The van der Waals surface area contributed by atoms with Gasteiger partial charge in [0.25, 0.3) is 11.8 Å². The van der Waals surface area contributed by atoms with Gasteiger partial charge in [0.05, 0.1) is 12.6 Å². The highest BCUT2D eigenvalue weighted by Gasteiger charge is 2.41. The lowest BCUT2D eigenvalue weighted by Gasteiger charge is -2.33. The molecule has 7 aromatic carbocycles. The molecule has 0 radical (unpaired) electrons. The Kier molecular flexibility index (Phi) is 36.8. The van der Waals surface area contributed by atoms with E-state index in [-0.39, 0.29) is 121 Å². The third kappa shape index (κ3) is 27.0. The van der Waals surface area contributed by atoms with Crippen molar-refractivity contribution >= 4 is 88.3 Å². The minimum absolute atomic E-state index is 0.00102. The number of aromatic hydroxyl groups is 1. The first-order valence-corrected chi connectivity index (χ1v) is 44.4. The maximum absolute atomic E-state index is 16.1. The lowest BCUT2D eigenvalue weighted by atomic mass is 9.93. The van der Waals surface area contributed by atoms with Crippen LogP contribution in [0.25, 0.3) is 33.4 Å². The third-order valence-corrected chi connectivity index (χ3v) is 23.1. The van der Waals surface area contributed by atoms with Crippen molar-refractivity contribution in [1.82, 2.24) is 83.3 Å². The number of alkyl halides is 1. The number of nitrogens with zero attached hydrogens (tertiary/aromatic N) is 6. The fourth-order valence-electron chi connectivity index (χ4n) is 15.6. The predicted molar refractivity (Wildman–Crippen MR) is 492 cm³/mol. The van der Waals surface area contributed by atoms with E-state index in [0.717, 1.165) is 77.0 Å². The molecule has 0 saturated carbocycles. The lowest BCUT2D eigenvalue weighted by Crippen LogP contribution is -2.58. The number of benzene rings is 7. The number of nitrogens with two attached hydrogens (primary N) is 4. The standard InChI is InChI=1S/C94H116ClFN20O17/c1-9-10-11-12-13-16-56-18-31-65(52(2)43-56)87(123)106-71(94(130)116(8)81-63-28-35-77(132-42-39-99)69(49-63)68-45-57(19-33-76(68)131-41-38-98)46-72(107-84(120)54(4)104-91(81)127)88(124)102-53(3)82(119)83-110-112-113-111-83)36-40-101-133-78-34-20-58-44-67(78)66-48-62(27-32-75(66)117)80(90(126)103-55(5)85(121)108-73(47-58)89(125)109-74(50-96)92(128)114(6)51-79(100)118)115(7)93(129)70(17-14-15-37-97)105-86(122)61-23-21-59(22-24-61)60-25-29-64(95)30-26-60/h18-35,43-45,48-49,53-55,70-74,80-81,101,117H,9-17,36-42,46-47,50-51,97-99H2,1-8H3,(H2,100,118)(H,102,124)(H,103,126)(H,104,127)(H,105,122)(H,106,123)(H,107,120)(H,108,121)(H,109,125)(H,110,111,112,113)/t53-,54-,55-,70-,71-,72-,73-,74-,80-,81-/m0/s1. The highest BCUT2D eigenvalue weighted by atomic mass is 35.5. The van der Waals surface area contributed by atoms with Crippen molar-refractivity contribution < 1.29 is 86.1 Å². The number of carbonyl (C=O) groups excluding carboxylic acids is 13. The predicted octanol–water partition coefficient (Wildman–Crippen LogP) is 4.63. The minimum Gasteiger partial charge on any atom is -0.507 e. The van der Waals surface area contributed by atoms with Crippen molar-refractivity contribution in [2.75, 3.05) is 73.8 Å². The Morgan fingerprint density at radius 3 is 1.66 bits per heavy atom. The molecule has 2 aliphatic rings. The number of aryl methyl sites for hydroxylation is 2. The Bertz CT molecular complexity index is 5500. The zero-order chi connectivity index (χ0) is 96.3. The molecule has 37 nitrogen and oxygen atoms in total. The van der Waals surface area contributed by atoms with Crippen molar-refractivity contribution in [1.29, 1.82) is 0 Å². The second-order valence-corrected chi connectivity index (χ2v) is 33.3. The molecule has 0 saturated heterocycles. The molecule has 2 aliphatic heterocycles. The number of Topliss-reactive ketones (excluding diaryl/α,β-unsaturated/α-hetero) is 1. The zero-order valence-electron chi connectivity index (χ0n) is 75.4. The van der Waals surface area contributed by atoms with E-state index < -0.39 is 162 Å². The van der Waals surface area contributed by atoms with Crippen LogP contribution in [0.3, 0.4) is 0 Å². The number of aromatic amines is 1. The second-order valence-electron chi connectivity index (χ2n) is 32.9. The molecular formula is C94H116ClFN20O17. The van der Waals surface area contributed by atoms with Crippen LogP contribution in [0.4, 0.5) is 4.39 Å². The van der Waals surface area contributed by atoms with Gasteiger partial charge in [0.15, 0.2) is 5.75 Å². The molecule has 1 aromatic heterocycles. The molecular weight excluding hydrogens is 1740 g/mol. The summed E-state index contributed by atoms with van der Waals surface area (Å²) in [4.78, 5) is 199. The van der Waals surface area contributed by atoms with Crippen LogP contribution >= 0.6 is 11.6 Å². The number of primary amides is 1.